The van der Waals surface area contributed by atoms with Crippen LogP contribution >= 0.6 is 0 Å². The second-order valence-electron chi connectivity index (χ2n) is 5.11. The number of alkyl halides is 2. The highest BCUT2D eigenvalue weighted by molar-refractivity contribution is 5.83. The third-order valence-electron chi connectivity index (χ3n) is 3.50. The first-order valence-electron chi connectivity index (χ1n) is 6.48. The molecular weight excluding hydrogens is 264 g/mol. The maximum atomic E-state index is 14.0. The first-order chi connectivity index (χ1) is 9.56. The molecule has 3 rings (SSSR count). The van der Waals surface area contributed by atoms with Crippen molar-refractivity contribution in [3.05, 3.63) is 30.7 Å². The second kappa shape index (κ2) is 4.94. The number of fused-ring (bicyclic) bond motifs is 1. The van der Waals surface area contributed by atoms with Crippen LogP contribution in [-0.2, 0) is 0 Å². The first kappa shape index (κ1) is 13.2. The van der Waals surface area contributed by atoms with E-state index in [1.54, 1.807) is 36.3 Å². The van der Waals surface area contributed by atoms with Gasteiger partial charge in [-0.1, -0.05) is 6.07 Å². The summed E-state index contributed by atoms with van der Waals surface area (Å²) in [7, 11) is 1.69. The molecule has 0 spiro atoms. The Hall–Kier alpha value is -1.82. The lowest BCUT2D eigenvalue weighted by atomic mass is 10.0. The van der Waals surface area contributed by atoms with Gasteiger partial charge in [0.25, 0.3) is 5.92 Å². The van der Waals surface area contributed by atoms with Crippen LogP contribution in [0.1, 0.15) is 6.42 Å². The van der Waals surface area contributed by atoms with Crippen molar-refractivity contribution >= 4 is 10.9 Å². The minimum Gasteiger partial charge on any atom is -0.483 e. The molecule has 1 aliphatic heterocycles. The van der Waals surface area contributed by atoms with E-state index in [4.69, 9.17) is 4.74 Å². The van der Waals surface area contributed by atoms with Crippen molar-refractivity contribution in [1.82, 2.24) is 14.9 Å². The SMILES string of the molecule is CN1CCC(Oc2cccc3ncncc23)C(F)(F)C1. The van der Waals surface area contributed by atoms with Gasteiger partial charge in [0, 0.05) is 19.2 Å². The number of aromatic nitrogens is 2. The van der Waals surface area contributed by atoms with Crippen molar-refractivity contribution in [1.29, 1.82) is 0 Å². The van der Waals surface area contributed by atoms with Gasteiger partial charge in [-0.2, -0.15) is 0 Å². The summed E-state index contributed by atoms with van der Waals surface area (Å²) in [5.41, 5.74) is 0.689. The molecule has 1 aromatic heterocycles. The van der Waals surface area contributed by atoms with Gasteiger partial charge >= 0.3 is 0 Å². The van der Waals surface area contributed by atoms with Gasteiger partial charge in [0.1, 0.15) is 12.1 Å². The molecule has 1 fully saturated rings. The largest absolute Gasteiger partial charge is 0.483 e. The number of benzene rings is 1. The van der Waals surface area contributed by atoms with Gasteiger partial charge < -0.3 is 9.64 Å². The Labute approximate surface area is 115 Å². The topological polar surface area (TPSA) is 38.2 Å². The van der Waals surface area contributed by atoms with E-state index >= 15 is 0 Å². The number of hydrogen-bond donors (Lipinski definition) is 0. The van der Waals surface area contributed by atoms with Crippen molar-refractivity contribution in [3.8, 4) is 5.75 Å². The van der Waals surface area contributed by atoms with Crippen molar-refractivity contribution < 1.29 is 13.5 Å². The highest BCUT2D eigenvalue weighted by atomic mass is 19.3. The van der Waals surface area contributed by atoms with Crippen LogP contribution in [0, 0.1) is 0 Å². The fraction of sp³-hybridized carbons (Fsp3) is 0.429. The van der Waals surface area contributed by atoms with Crippen LogP contribution in [-0.4, -0.2) is 47.0 Å². The van der Waals surface area contributed by atoms with Crippen molar-refractivity contribution in [3.63, 3.8) is 0 Å². The second-order valence-corrected chi connectivity index (χ2v) is 5.11. The third-order valence-corrected chi connectivity index (χ3v) is 3.50. The Morgan fingerprint density at radius 1 is 1.40 bits per heavy atom. The van der Waals surface area contributed by atoms with Crippen LogP contribution in [0.4, 0.5) is 8.78 Å². The lowest BCUT2D eigenvalue weighted by Crippen LogP contribution is -2.52. The number of piperidine rings is 1. The predicted octanol–water partition coefficient (Wildman–Crippen LogP) is 2.35. The van der Waals surface area contributed by atoms with Crippen LogP contribution < -0.4 is 4.74 Å². The number of ether oxygens (including phenoxy) is 1. The summed E-state index contributed by atoms with van der Waals surface area (Å²) >= 11 is 0. The molecule has 0 N–H and O–H groups in total. The molecule has 0 bridgehead atoms. The zero-order valence-electron chi connectivity index (χ0n) is 11.1. The predicted molar refractivity (Wildman–Crippen MR) is 71.0 cm³/mol. The molecule has 106 valence electrons. The molecule has 1 aliphatic rings. The smallest absolute Gasteiger partial charge is 0.296 e. The summed E-state index contributed by atoms with van der Waals surface area (Å²) in [6, 6.07) is 5.23. The quantitative estimate of drug-likeness (QED) is 0.846. The van der Waals surface area contributed by atoms with Crippen molar-refractivity contribution in [2.24, 2.45) is 0 Å². The first-order valence-corrected chi connectivity index (χ1v) is 6.48. The molecule has 4 nitrogen and oxygen atoms in total. The summed E-state index contributed by atoms with van der Waals surface area (Å²) < 4.78 is 33.6. The molecule has 1 aromatic carbocycles. The minimum absolute atomic E-state index is 0.279. The average molecular weight is 279 g/mol. The Bertz CT molecular complexity index is 615. The van der Waals surface area contributed by atoms with Gasteiger partial charge in [-0.15, -0.1) is 0 Å². The van der Waals surface area contributed by atoms with E-state index in [1.165, 1.54) is 6.33 Å². The normalized spacial score (nSPS) is 22.9. The molecule has 1 unspecified atom stereocenters. The molecule has 1 atom stereocenters. The summed E-state index contributed by atoms with van der Waals surface area (Å²) in [6.07, 6.45) is 2.21. The molecular formula is C14H15F2N3O. The Kier molecular flexibility index (Phi) is 3.25. The highest BCUT2D eigenvalue weighted by Crippen LogP contribution is 2.32. The number of likely N-dealkylation sites (tertiary alicyclic amines) is 1. The van der Waals surface area contributed by atoms with E-state index in [9.17, 15) is 8.78 Å². The van der Waals surface area contributed by atoms with Crippen LogP contribution in [0.3, 0.4) is 0 Å². The van der Waals surface area contributed by atoms with E-state index in [2.05, 4.69) is 9.97 Å². The Morgan fingerprint density at radius 2 is 2.25 bits per heavy atom. The monoisotopic (exact) mass is 279 g/mol. The molecule has 0 aliphatic carbocycles. The average Bonchev–Trinajstić information content (AvgIpc) is 2.41. The fourth-order valence-corrected chi connectivity index (χ4v) is 2.47. The zero-order valence-corrected chi connectivity index (χ0v) is 11.1. The van der Waals surface area contributed by atoms with E-state index in [1.807, 2.05) is 0 Å². The molecule has 2 aromatic rings. The Balaban J connectivity index is 1.90. The van der Waals surface area contributed by atoms with E-state index in [-0.39, 0.29) is 6.54 Å². The number of nitrogens with zero attached hydrogens (tertiary/aromatic N) is 3. The molecule has 2 heterocycles. The summed E-state index contributed by atoms with van der Waals surface area (Å²) in [5.74, 6) is -2.44. The maximum Gasteiger partial charge on any atom is 0.296 e. The number of halogens is 2. The zero-order chi connectivity index (χ0) is 14.2. The van der Waals surface area contributed by atoms with Gasteiger partial charge in [-0.25, -0.2) is 18.7 Å². The fourth-order valence-electron chi connectivity index (χ4n) is 2.47. The van der Waals surface area contributed by atoms with Gasteiger partial charge in [-0.05, 0) is 19.2 Å². The standard InChI is InChI=1S/C14H15F2N3O/c1-19-6-5-13(14(15,16)8-19)20-12-4-2-3-11-10(12)7-17-9-18-11/h2-4,7,9,13H,5-6,8H2,1H3. The van der Waals surface area contributed by atoms with Gasteiger partial charge in [0.05, 0.1) is 17.4 Å². The third kappa shape index (κ3) is 2.43. The molecule has 0 amide bonds. The highest BCUT2D eigenvalue weighted by Gasteiger charge is 2.45. The van der Waals surface area contributed by atoms with Crippen molar-refractivity contribution in [2.75, 3.05) is 20.1 Å². The summed E-state index contributed by atoms with van der Waals surface area (Å²) in [6.45, 7) is 0.320. The summed E-state index contributed by atoms with van der Waals surface area (Å²) in [5, 5.41) is 0.657. The molecule has 20 heavy (non-hydrogen) atoms. The van der Waals surface area contributed by atoms with Crippen LogP contribution in [0.2, 0.25) is 0 Å². The minimum atomic E-state index is -2.86. The number of rotatable bonds is 2. The van der Waals surface area contributed by atoms with Gasteiger partial charge in [0.2, 0.25) is 0 Å². The maximum absolute atomic E-state index is 14.0. The lowest BCUT2D eigenvalue weighted by molar-refractivity contribution is -0.134. The van der Waals surface area contributed by atoms with Gasteiger partial charge in [0.15, 0.2) is 6.10 Å². The van der Waals surface area contributed by atoms with Crippen LogP contribution in [0.25, 0.3) is 10.9 Å². The van der Waals surface area contributed by atoms with Crippen LogP contribution in [0.15, 0.2) is 30.7 Å². The lowest BCUT2D eigenvalue weighted by Gasteiger charge is -2.36. The van der Waals surface area contributed by atoms with E-state index in [0.717, 1.165) is 0 Å². The molecule has 6 heteroatoms. The molecule has 0 radical (unpaired) electrons. The molecule has 1 saturated heterocycles. The molecule has 0 saturated carbocycles. The number of hydrogen-bond acceptors (Lipinski definition) is 4. The van der Waals surface area contributed by atoms with Crippen LogP contribution in [0.5, 0.6) is 5.75 Å². The Morgan fingerprint density at radius 3 is 3.05 bits per heavy atom. The van der Waals surface area contributed by atoms with Crippen molar-refractivity contribution in [2.45, 2.75) is 18.4 Å². The van der Waals surface area contributed by atoms with Gasteiger partial charge in [-0.3, -0.25) is 0 Å². The summed E-state index contributed by atoms with van der Waals surface area (Å²) in [4.78, 5) is 9.64. The van der Waals surface area contributed by atoms with E-state index < -0.39 is 12.0 Å². The van der Waals surface area contributed by atoms with E-state index in [0.29, 0.717) is 29.6 Å².